The Morgan fingerprint density at radius 3 is 2.90 bits per heavy atom. The minimum Gasteiger partial charge on any atom is -0.388 e. The number of piperidine rings is 1. The Bertz CT molecular complexity index is 521. The second-order valence-corrected chi connectivity index (χ2v) is 5.82. The summed E-state index contributed by atoms with van der Waals surface area (Å²) in [4.78, 5) is 12.9. The van der Waals surface area contributed by atoms with E-state index in [1.165, 1.54) is 6.07 Å². The van der Waals surface area contributed by atoms with E-state index in [0.717, 1.165) is 37.2 Å². The number of likely N-dealkylation sites (tertiary alicyclic amines) is 1. The Kier molecular flexibility index (Phi) is 4.80. The third-order valence-electron chi connectivity index (χ3n) is 4.19. The molecular formula is C15H23N3O3. The van der Waals surface area contributed by atoms with Gasteiger partial charge in [-0.3, -0.25) is 15.0 Å². The number of hydrogen-bond acceptors (Lipinski definition) is 5. The Morgan fingerprint density at radius 2 is 2.29 bits per heavy atom. The van der Waals surface area contributed by atoms with Crippen molar-refractivity contribution in [3.63, 3.8) is 0 Å². The van der Waals surface area contributed by atoms with Gasteiger partial charge in [-0.2, -0.15) is 0 Å². The van der Waals surface area contributed by atoms with Crippen LogP contribution in [0.2, 0.25) is 0 Å². The lowest BCUT2D eigenvalue weighted by Gasteiger charge is -2.39. The first kappa shape index (κ1) is 15.7. The van der Waals surface area contributed by atoms with Gasteiger partial charge in [0.1, 0.15) is 0 Å². The van der Waals surface area contributed by atoms with Gasteiger partial charge in [0.2, 0.25) is 0 Å². The second-order valence-electron chi connectivity index (χ2n) is 5.82. The van der Waals surface area contributed by atoms with Crippen LogP contribution in [0.1, 0.15) is 25.3 Å². The van der Waals surface area contributed by atoms with Crippen molar-refractivity contribution in [2.45, 2.75) is 31.9 Å². The molecule has 116 valence electrons. The summed E-state index contributed by atoms with van der Waals surface area (Å²) < 4.78 is 5.60. The van der Waals surface area contributed by atoms with E-state index in [9.17, 15) is 10.1 Å². The smallest absolute Gasteiger partial charge is 0.269 e. The van der Waals surface area contributed by atoms with E-state index in [1.54, 1.807) is 19.2 Å². The molecule has 1 aromatic carbocycles. The molecule has 1 aliphatic heterocycles. The zero-order chi connectivity index (χ0) is 15.5. The maximum absolute atomic E-state index is 10.9. The van der Waals surface area contributed by atoms with E-state index in [1.807, 2.05) is 7.05 Å². The largest absolute Gasteiger partial charge is 0.388 e. The lowest BCUT2D eigenvalue weighted by atomic mass is 9.94. The van der Waals surface area contributed by atoms with Crippen molar-refractivity contribution in [1.29, 1.82) is 0 Å². The van der Waals surface area contributed by atoms with E-state index in [2.05, 4.69) is 17.1 Å². The third-order valence-corrected chi connectivity index (χ3v) is 4.19. The minimum absolute atomic E-state index is 0.126. The van der Waals surface area contributed by atoms with Crippen LogP contribution in [-0.2, 0) is 11.3 Å². The second kappa shape index (κ2) is 6.41. The topological polar surface area (TPSA) is 67.6 Å². The van der Waals surface area contributed by atoms with E-state index < -0.39 is 0 Å². The normalized spacial score (nSPS) is 23.0. The Labute approximate surface area is 125 Å². The van der Waals surface area contributed by atoms with Crippen molar-refractivity contribution in [3.8, 4) is 0 Å². The monoisotopic (exact) mass is 293 g/mol. The fourth-order valence-electron chi connectivity index (χ4n) is 2.92. The van der Waals surface area contributed by atoms with Gasteiger partial charge in [-0.1, -0.05) is 0 Å². The first-order chi connectivity index (χ1) is 9.97. The summed E-state index contributed by atoms with van der Waals surface area (Å²) in [5.41, 5.74) is 1.89. The van der Waals surface area contributed by atoms with Crippen molar-refractivity contribution in [2.24, 2.45) is 0 Å². The molecule has 1 saturated heterocycles. The quantitative estimate of drug-likeness (QED) is 0.667. The van der Waals surface area contributed by atoms with Gasteiger partial charge in [0.25, 0.3) is 5.69 Å². The molecule has 0 bridgehead atoms. The predicted octanol–water partition coefficient (Wildman–Crippen LogP) is 2.64. The molecular weight excluding hydrogens is 270 g/mol. The SMILES string of the molecule is CNc1ccc([N+](=O)[O-])cc1CN1CCCC(C)(OC)C1. The van der Waals surface area contributed by atoms with Gasteiger partial charge in [0.05, 0.1) is 10.5 Å². The first-order valence-electron chi connectivity index (χ1n) is 7.20. The highest BCUT2D eigenvalue weighted by atomic mass is 16.6. The van der Waals surface area contributed by atoms with Crippen molar-refractivity contribution >= 4 is 11.4 Å². The molecule has 1 aromatic rings. The summed E-state index contributed by atoms with van der Waals surface area (Å²) in [7, 11) is 3.58. The molecule has 1 N–H and O–H groups in total. The Hall–Kier alpha value is -1.66. The summed E-state index contributed by atoms with van der Waals surface area (Å²) in [5, 5.41) is 14.1. The standard InChI is InChI=1S/C15H23N3O3/c1-15(21-3)7-4-8-17(11-15)10-12-9-13(18(19)20)5-6-14(12)16-2/h5-6,9,16H,4,7-8,10-11H2,1-3H3. The molecule has 0 spiro atoms. The molecule has 0 radical (unpaired) electrons. The molecule has 2 rings (SSSR count). The van der Waals surface area contributed by atoms with Gasteiger partial charge >= 0.3 is 0 Å². The molecule has 1 atom stereocenters. The average molecular weight is 293 g/mol. The number of nitrogens with one attached hydrogen (secondary N) is 1. The molecule has 0 amide bonds. The maximum atomic E-state index is 10.9. The van der Waals surface area contributed by atoms with Crippen molar-refractivity contribution in [1.82, 2.24) is 4.90 Å². The number of anilines is 1. The van der Waals surface area contributed by atoms with Crippen LogP contribution in [0, 0.1) is 10.1 Å². The molecule has 1 unspecified atom stereocenters. The van der Waals surface area contributed by atoms with Gasteiger partial charge in [-0.15, -0.1) is 0 Å². The molecule has 0 aromatic heterocycles. The highest BCUT2D eigenvalue weighted by molar-refractivity contribution is 5.55. The van der Waals surface area contributed by atoms with Crippen LogP contribution < -0.4 is 5.32 Å². The fraction of sp³-hybridized carbons (Fsp3) is 0.600. The predicted molar refractivity (Wildman–Crippen MR) is 82.6 cm³/mol. The Morgan fingerprint density at radius 1 is 1.52 bits per heavy atom. The number of hydrogen-bond donors (Lipinski definition) is 1. The van der Waals surface area contributed by atoms with Crippen LogP contribution in [0.15, 0.2) is 18.2 Å². The van der Waals surface area contributed by atoms with Gasteiger partial charge < -0.3 is 10.1 Å². The molecule has 0 aliphatic carbocycles. The number of benzene rings is 1. The van der Waals surface area contributed by atoms with Crippen molar-refractivity contribution in [2.75, 3.05) is 32.6 Å². The van der Waals surface area contributed by atoms with E-state index in [-0.39, 0.29) is 16.2 Å². The number of non-ortho nitro benzene ring substituents is 1. The van der Waals surface area contributed by atoms with Crippen LogP contribution in [0.5, 0.6) is 0 Å². The molecule has 1 aliphatic rings. The number of rotatable bonds is 5. The lowest BCUT2D eigenvalue weighted by molar-refractivity contribution is -0.384. The molecule has 1 fully saturated rings. The fourth-order valence-corrected chi connectivity index (χ4v) is 2.92. The zero-order valence-corrected chi connectivity index (χ0v) is 12.9. The molecule has 6 heteroatoms. The van der Waals surface area contributed by atoms with Gasteiger partial charge in [0, 0.05) is 45.1 Å². The summed E-state index contributed by atoms with van der Waals surface area (Å²) in [6.07, 6.45) is 2.13. The summed E-state index contributed by atoms with van der Waals surface area (Å²) in [5.74, 6) is 0. The average Bonchev–Trinajstić information content (AvgIpc) is 2.47. The summed E-state index contributed by atoms with van der Waals surface area (Å²) in [6, 6.07) is 4.96. The van der Waals surface area contributed by atoms with Crippen molar-refractivity contribution in [3.05, 3.63) is 33.9 Å². The minimum atomic E-state index is -0.349. The maximum Gasteiger partial charge on any atom is 0.269 e. The molecule has 1 heterocycles. The van der Waals surface area contributed by atoms with Crippen LogP contribution >= 0.6 is 0 Å². The number of nitrogens with zero attached hydrogens (tertiary/aromatic N) is 2. The van der Waals surface area contributed by atoms with Gasteiger partial charge in [-0.05, 0) is 37.9 Å². The first-order valence-corrected chi connectivity index (χ1v) is 7.20. The van der Waals surface area contributed by atoms with Crippen LogP contribution in [0.3, 0.4) is 0 Å². The molecule has 0 saturated carbocycles. The number of methoxy groups -OCH3 is 1. The third kappa shape index (κ3) is 3.71. The lowest BCUT2D eigenvalue weighted by Crippen LogP contribution is -2.46. The number of ether oxygens (including phenoxy) is 1. The highest BCUT2D eigenvalue weighted by Crippen LogP contribution is 2.28. The summed E-state index contributed by atoms with van der Waals surface area (Å²) in [6.45, 7) is 4.64. The Balaban J connectivity index is 2.18. The van der Waals surface area contributed by atoms with Crippen LogP contribution in [-0.4, -0.2) is 42.7 Å². The molecule has 21 heavy (non-hydrogen) atoms. The van der Waals surface area contributed by atoms with Crippen LogP contribution in [0.25, 0.3) is 0 Å². The number of nitro benzene ring substituents is 1. The number of nitro groups is 1. The van der Waals surface area contributed by atoms with E-state index in [4.69, 9.17) is 4.74 Å². The molecule has 6 nitrogen and oxygen atoms in total. The van der Waals surface area contributed by atoms with Gasteiger partial charge in [-0.25, -0.2) is 0 Å². The van der Waals surface area contributed by atoms with E-state index in [0.29, 0.717) is 6.54 Å². The summed E-state index contributed by atoms with van der Waals surface area (Å²) >= 11 is 0. The zero-order valence-electron chi connectivity index (χ0n) is 12.9. The van der Waals surface area contributed by atoms with Crippen molar-refractivity contribution < 1.29 is 9.66 Å². The van der Waals surface area contributed by atoms with Gasteiger partial charge in [0.15, 0.2) is 0 Å². The highest BCUT2D eigenvalue weighted by Gasteiger charge is 2.31. The van der Waals surface area contributed by atoms with Crippen LogP contribution in [0.4, 0.5) is 11.4 Å². The van der Waals surface area contributed by atoms with E-state index >= 15 is 0 Å².